The number of rotatable bonds is 13. The predicted octanol–water partition coefficient (Wildman–Crippen LogP) is 3.25. The van der Waals surface area contributed by atoms with E-state index in [2.05, 4.69) is 32.6 Å². The number of nitrogens with one attached hydrogen (secondary N) is 1. The highest BCUT2D eigenvalue weighted by molar-refractivity contribution is 6.04. The van der Waals surface area contributed by atoms with Crippen LogP contribution in [0.5, 0.6) is 6.01 Å². The fraction of sp³-hybridized carbons (Fsp3) is 0.290. The minimum atomic E-state index is -0.671. The SMILES string of the molecule is C=NN/C(=N\N)c1ccccc1-c1ccc(Cn2c(OCC)nc3cccc(C(=O)OCO/N=[N+](\O)N4CCC[C@H]4CO)c32)cc1. The van der Waals surface area contributed by atoms with Gasteiger partial charge in [0.05, 0.1) is 42.9 Å². The number of amidine groups is 1. The van der Waals surface area contributed by atoms with Crippen LogP contribution in [0.25, 0.3) is 22.2 Å². The number of hydrazine groups is 1. The molecule has 46 heavy (non-hydrogen) atoms. The van der Waals surface area contributed by atoms with Crippen molar-refractivity contribution in [2.24, 2.45) is 21.3 Å². The number of fused-ring (bicyclic) bond motifs is 1. The van der Waals surface area contributed by atoms with Crippen LogP contribution < -0.4 is 16.0 Å². The van der Waals surface area contributed by atoms with Gasteiger partial charge in [0.25, 0.3) is 23.1 Å². The maximum atomic E-state index is 13.2. The lowest BCUT2D eigenvalue weighted by atomic mass is 9.98. The van der Waals surface area contributed by atoms with Crippen molar-refractivity contribution in [1.29, 1.82) is 0 Å². The largest absolute Gasteiger partial charge is 0.465 e. The fourth-order valence-corrected chi connectivity index (χ4v) is 5.38. The molecule has 15 heteroatoms. The molecule has 15 nitrogen and oxygen atoms in total. The second kappa shape index (κ2) is 14.9. The zero-order valence-electron chi connectivity index (χ0n) is 25.3. The van der Waals surface area contributed by atoms with Gasteiger partial charge >= 0.3 is 5.97 Å². The summed E-state index contributed by atoms with van der Waals surface area (Å²) in [4.78, 5) is 23.4. The number of hydrogen-bond acceptors (Lipinski definition) is 10. The second-order valence-corrected chi connectivity index (χ2v) is 10.2. The molecule has 240 valence electrons. The number of esters is 1. The fourth-order valence-electron chi connectivity index (χ4n) is 5.38. The Bertz CT molecular complexity index is 1740. The molecule has 0 amide bonds. The van der Waals surface area contributed by atoms with Crippen LogP contribution in [0.15, 0.2) is 82.2 Å². The molecule has 1 atom stereocenters. The van der Waals surface area contributed by atoms with Crippen LogP contribution >= 0.6 is 0 Å². The van der Waals surface area contributed by atoms with E-state index in [4.69, 9.17) is 20.2 Å². The Morgan fingerprint density at radius 1 is 1.15 bits per heavy atom. The summed E-state index contributed by atoms with van der Waals surface area (Å²) in [6.45, 7) is 5.87. The molecular weight excluding hydrogens is 594 g/mol. The summed E-state index contributed by atoms with van der Waals surface area (Å²) in [5, 5.41) is 32.1. The van der Waals surface area contributed by atoms with E-state index in [1.54, 1.807) is 18.2 Å². The maximum absolute atomic E-state index is 13.2. The van der Waals surface area contributed by atoms with E-state index in [0.29, 0.717) is 54.0 Å². The number of aromatic nitrogens is 2. The number of hydrogen-bond donors (Lipinski definition) is 4. The van der Waals surface area contributed by atoms with Crippen molar-refractivity contribution in [3.63, 3.8) is 0 Å². The normalized spacial score (nSPS) is 15.2. The average Bonchev–Trinajstić information content (AvgIpc) is 3.71. The van der Waals surface area contributed by atoms with Gasteiger partial charge in [-0.3, -0.25) is 14.8 Å². The van der Waals surface area contributed by atoms with Crippen LogP contribution in [-0.4, -0.2) is 81.0 Å². The number of nitrogens with two attached hydrogens (primary N) is 1. The number of imidazole rings is 1. The van der Waals surface area contributed by atoms with E-state index in [1.807, 2.05) is 60.0 Å². The molecule has 0 saturated carbocycles. The van der Waals surface area contributed by atoms with Gasteiger partial charge in [0, 0.05) is 12.3 Å². The van der Waals surface area contributed by atoms with Gasteiger partial charge in [0.2, 0.25) is 0 Å². The van der Waals surface area contributed by atoms with Gasteiger partial charge in [-0.15, -0.1) is 5.01 Å². The monoisotopic (exact) mass is 630 g/mol. The first-order valence-electron chi connectivity index (χ1n) is 14.7. The van der Waals surface area contributed by atoms with Crippen molar-refractivity contribution < 1.29 is 34.4 Å². The first-order chi connectivity index (χ1) is 22.5. The summed E-state index contributed by atoms with van der Waals surface area (Å²) in [7, 11) is 0. The van der Waals surface area contributed by atoms with Crippen molar-refractivity contribution >= 4 is 29.6 Å². The average molecular weight is 631 g/mol. The van der Waals surface area contributed by atoms with Crippen LogP contribution in [0.1, 0.15) is 41.3 Å². The Labute approximate surface area is 264 Å². The standard InChI is InChI=1S/C31H35N9O6/c1-3-44-31-34-27-12-6-11-26(30(42)45-20-46-37-40(43)39-17-7-8-23(39)19-41)28(27)38(31)18-21-13-15-22(16-14-21)24-9-4-5-10-25(24)29(35-32)36-33-2/h4-6,9-16,23,32,37,41,43H,2-3,7-8,17-20H2,1H3/p+1/t23-/m0/s1. The molecule has 0 unspecified atom stereocenters. The number of nitrogens with zero attached hydrogens (tertiary/aromatic N) is 7. The topological polar surface area (TPSA) is 184 Å². The summed E-state index contributed by atoms with van der Waals surface area (Å²) in [5.74, 6) is 5.30. The number of carbonyl (C=O) groups excluding carboxylic acids is 1. The van der Waals surface area contributed by atoms with Crippen molar-refractivity contribution in [3.05, 3.63) is 83.4 Å². The molecule has 1 saturated heterocycles. The quantitative estimate of drug-likeness (QED) is 0.0197. The highest BCUT2D eigenvalue weighted by Gasteiger charge is 2.34. The number of aliphatic hydroxyl groups is 1. The van der Waals surface area contributed by atoms with E-state index < -0.39 is 12.8 Å². The molecule has 0 aliphatic carbocycles. The van der Waals surface area contributed by atoms with Crippen LogP contribution in [0.4, 0.5) is 0 Å². The van der Waals surface area contributed by atoms with E-state index in [1.165, 1.54) is 5.01 Å². The van der Waals surface area contributed by atoms with Gasteiger partial charge in [-0.2, -0.15) is 15.2 Å². The number of carbonyl (C=O) groups is 1. The highest BCUT2D eigenvalue weighted by Crippen LogP contribution is 2.29. The third kappa shape index (κ3) is 6.83. The molecular formula is C31H36N9O6+. The van der Waals surface area contributed by atoms with E-state index in [-0.39, 0.29) is 18.2 Å². The molecule has 0 radical (unpaired) electrons. The molecule has 5 N–H and O–H groups in total. The van der Waals surface area contributed by atoms with Gasteiger partial charge < -0.3 is 20.4 Å². The third-order valence-electron chi connectivity index (χ3n) is 7.49. The van der Waals surface area contributed by atoms with Gasteiger partial charge in [-0.1, -0.05) is 54.6 Å². The van der Waals surface area contributed by atoms with E-state index in [0.717, 1.165) is 28.7 Å². The Balaban J connectivity index is 1.36. The number of ether oxygens (including phenoxy) is 2. The Hall–Kier alpha value is -5.70. The number of para-hydroxylation sites is 1. The minimum absolute atomic E-state index is 0.127. The van der Waals surface area contributed by atoms with E-state index >= 15 is 0 Å². The summed E-state index contributed by atoms with van der Waals surface area (Å²) >= 11 is 0. The lowest BCUT2D eigenvalue weighted by molar-refractivity contribution is -0.943. The molecule has 0 spiro atoms. The second-order valence-electron chi connectivity index (χ2n) is 10.2. The molecule has 4 aromatic rings. The van der Waals surface area contributed by atoms with Crippen molar-refractivity contribution in [2.45, 2.75) is 32.4 Å². The first-order valence-corrected chi connectivity index (χ1v) is 14.7. The number of benzene rings is 3. The van der Waals surface area contributed by atoms with Crippen molar-refractivity contribution in [2.75, 3.05) is 26.6 Å². The molecule has 3 aromatic carbocycles. The van der Waals surface area contributed by atoms with Gasteiger partial charge in [0.15, 0.2) is 5.84 Å². The van der Waals surface area contributed by atoms with Gasteiger partial charge in [-0.25, -0.2) is 10.0 Å². The molecule has 1 aliphatic rings. The van der Waals surface area contributed by atoms with Crippen molar-refractivity contribution in [1.82, 2.24) is 20.0 Å². The third-order valence-corrected chi connectivity index (χ3v) is 7.49. The first kappa shape index (κ1) is 31.7. The Morgan fingerprint density at radius 3 is 2.67 bits per heavy atom. The van der Waals surface area contributed by atoms with Crippen LogP contribution in [0, 0.1) is 0 Å². The minimum Gasteiger partial charge on any atom is -0.465 e. The Kier molecular flexibility index (Phi) is 10.2. The van der Waals surface area contributed by atoms with Crippen LogP contribution in [-0.2, 0) is 16.1 Å². The molecule has 1 aliphatic heterocycles. The molecule has 5 rings (SSSR count). The predicted molar refractivity (Wildman–Crippen MR) is 168 cm³/mol. The lowest BCUT2D eigenvalue weighted by Crippen LogP contribution is -2.38. The number of hydrazone groups is 2. The lowest BCUT2D eigenvalue weighted by Gasteiger charge is -2.13. The van der Waals surface area contributed by atoms with Crippen LogP contribution in [0.3, 0.4) is 0 Å². The van der Waals surface area contributed by atoms with Gasteiger partial charge in [0.1, 0.15) is 6.04 Å². The molecule has 2 heterocycles. The maximum Gasteiger partial charge on any atom is 0.343 e. The number of aliphatic hydroxyl groups excluding tert-OH is 1. The summed E-state index contributed by atoms with van der Waals surface area (Å²) < 4.78 is 13.0. The van der Waals surface area contributed by atoms with Crippen LogP contribution in [0.2, 0.25) is 0 Å². The summed E-state index contributed by atoms with van der Waals surface area (Å²) in [6, 6.07) is 20.8. The van der Waals surface area contributed by atoms with Gasteiger partial charge in [-0.05, 0) is 48.6 Å². The summed E-state index contributed by atoms with van der Waals surface area (Å²) in [6.07, 6.45) is 1.51. The van der Waals surface area contributed by atoms with E-state index in [9.17, 15) is 15.1 Å². The molecule has 1 aromatic heterocycles. The zero-order valence-corrected chi connectivity index (χ0v) is 25.3. The smallest absolute Gasteiger partial charge is 0.343 e. The highest BCUT2D eigenvalue weighted by atomic mass is 16.8. The zero-order chi connectivity index (χ0) is 32.5. The molecule has 1 fully saturated rings. The summed E-state index contributed by atoms with van der Waals surface area (Å²) in [5.41, 5.74) is 7.58. The Morgan fingerprint density at radius 2 is 1.93 bits per heavy atom. The molecule has 0 bridgehead atoms. The van der Waals surface area contributed by atoms with Crippen molar-refractivity contribution in [3.8, 4) is 17.1 Å².